The fourth-order valence-electron chi connectivity index (χ4n) is 4.14. The predicted molar refractivity (Wildman–Crippen MR) is 127 cm³/mol. The molecule has 8 nitrogen and oxygen atoms in total. The molecule has 2 heterocycles. The van der Waals surface area contributed by atoms with Crippen LogP contribution in [-0.2, 0) is 6.42 Å². The van der Waals surface area contributed by atoms with E-state index in [1.54, 1.807) is 32.5 Å². The quantitative estimate of drug-likeness (QED) is 0.293. The van der Waals surface area contributed by atoms with Crippen LogP contribution in [0.1, 0.15) is 44.3 Å². The number of benzene rings is 2. The SMILES string of the molecule is COc1ccc([C@H]2CC(=O)c3cn4nc(SCC(=O)c5ccccc5)nc4nc3C2)c(OC)c1. The number of aromatic nitrogens is 4. The van der Waals surface area contributed by atoms with Gasteiger partial charge in [-0.25, -0.2) is 9.50 Å². The highest BCUT2D eigenvalue weighted by Crippen LogP contribution is 2.38. The summed E-state index contributed by atoms with van der Waals surface area (Å²) in [7, 11) is 3.21. The monoisotopic (exact) mass is 474 g/mol. The molecule has 4 aromatic rings. The predicted octanol–water partition coefficient (Wildman–Crippen LogP) is 4.03. The summed E-state index contributed by atoms with van der Waals surface area (Å²) >= 11 is 1.25. The Morgan fingerprint density at radius 3 is 2.68 bits per heavy atom. The molecule has 1 atom stereocenters. The van der Waals surface area contributed by atoms with Crippen molar-refractivity contribution in [3.8, 4) is 11.5 Å². The molecule has 1 aliphatic rings. The molecule has 0 unspecified atom stereocenters. The Morgan fingerprint density at radius 2 is 1.91 bits per heavy atom. The maximum absolute atomic E-state index is 13.0. The molecule has 2 aromatic heterocycles. The smallest absolute Gasteiger partial charge is 0.253 e. The molecular formula is C25H22N4O4S. The van der Waals surface area contributed by atoms with E-state index in [1.807, 2.05) is 36.4 Å². The van der Waals surface area contributed by atoms with E-state index in [2.05, 4.69) is 15.1 Å². The third-order valence-corrected chi connectivity index (χ3v) is 6.71. The van der Waals surface area contributed by atoms with E-state index >= 15 is 0 Å². The minimum Gasteiger partial charge on any atom is -0.497 e. The molecule has 2 aromatic carbocycles. The van der Waals surface area contributed by atoms with Crippen LogP contribution in [0.15, 0.2) is 59.9 Å². The van der Waals surface area contributed by atoms with E-state index in [9.17, 15) is 9.59 Å². The molecule has 34 heavy (non-hydrogen) atoms. The summed E-state index contributed by atoms with van der Waals surface area (Å²) in [5.41, 5.74) is 2.84. The van der Waals surface area contributed by atoms with Crippen LogP contribution in [-0.4, -0.2) is 51.1 Å². The first kappa shape index (κ1) is 22.1. The minimum absolute atomic E-state index is 0.00230. The van der Waals surface area contributed by atoms with Crippen molar-refractivity contribution >= 4 is 29.1 Å². The lowest BCUT2D eigenvalue weighted by Crippen LogP contribution is -2.21. The zero-order valence-corrected chi connectivity index (χ0v) is 19.5. The number of carbonyl (C=O) groups excluding carboxylic acids is 2. The van der Waals surface area contributed by atoms with Gasteiger partial charge in [0.05, 0.1) is 31.2 Å². The molecule has 0 radical (unpaired) electrons. The second kappa shape index (κ2) is 9.26. The molecule has 172 valence electrons. The molecule has 0 N–H and O–H groups in total. The van der Waals surface area contributed by atoms with Gasteiger partial charge in [-0.3, -0.25) is 9.59 Å². The van der Waals surface area contributed by atoms with E-state index in [1.165, 1.54) is 16.3 Å². The number of carbonyl (C=O) groups is 2. The average molecular weight is 475 g/mol. The van der Waals surface area contributed by atoms with Gasteiger partial charge in [0.15, 0.2) is 11.6 Å². The zero-order chi connectivity index (χ0) is 23.7. The minimum atomic E-state index is -0.0592. The van der Waals surface area contributed by atoms with E-state index in [0.717, 1.165) is 5.56 Å². The second-order valence-electron chi connectivity index (χ2n) is 7.95. The largest absolute Gasteiger partial charge is 0.497 e. The number of rotatable bonds is 7. The first-order valence-electron chi connectivity index (χ1n) is 10.8. The molecular weight excluding hydrogens is 452 g/mol. The summed E-state index contributed by atoms with van der Waals surface area (Å²) in [6, 6.07) is 14.7. The summed E-state index contributed by atoms with van der Waals surface area (Å²) in [6.07, 6.45) is 2.63. The van der Waals surface area contributed by atoms with Gasteiger partial charge in [0, 0.05) is 30.2 Å². The molecule has 0 amide bonds. The number of ether oxygens (including phenoxy) is 2. The van der Waals surface area contributed by atoms with Gasteiger partial charge in [-0.05, 0) is 18.1 Å². The van der Waals surface area contributed by atoms with E-state index in [0.29, 0.717) is 52.1 Å². The molecule has 0 saturated carbocycles. The lowest BCUT2D eigenvalue weighted by Gasteiger charge is -2.24. The number of thioether (sulfide) groups is 1. The lowest BCUT2D eigenvalue weighted by molar-refractivity contribution is 0.0961. The van der Waals surface area contributed by atoms with Crippen LogP contribution in [0.3, 0.4) is 0 Å². The normalized spacial score (nSPS) is 15.2. The van der Waals surface area contributed by atoms with Crippen molar-refractivity contribution in [2.45, 2.75) is 23.9 Å². The van der Waals surface area contributed by atoms with Crippen molar-refractivity contribution in [1.82, 2.24) is 19.6 Å². The van der Waals surface area contributed by atoms with E-state index < -0.39 is 0 Å². The van der Waals surface area contributed by atoms with Gasteiger partial charge in [0.2, 0.25) is 5.16 Å². The van der Waals surface area contributed by atoms with E-state index in [4.69, 9.17) is 9.47 Å². The number of methoxy groups -OCH3 is 2. The Labute approximate surface area is 200 Å². The second-order valence-corrected chi connectivity index (χ2v) is 8.90. The van der Waals surface area contributed by atoms with Gasteiger partial charge in [0.25, 0.3) is 5.78 Å². The number of fused-ring (bicyclic) bond motifs is 2. The number of hydrogen-bond donors (Lipinski definition) is 0. The van der Waals surface area contributed by atoms with Crippen molar-refractivity contribution in [3.63, 3.8) is 0 Å². The Hall–Kier alpha value is -3.72. The van der Waals surface area contributed by atoms with Crippen LogP contribution in [0.5, 0.6) is 11.5 Å². The number of nitrogens with zero attached hydrogens (tertiary/aromatic N) is 4. The van der Waals surface area contributed by atoms with Crippen LogP contribution in [0.2, 0.25) is 0 Å². The third kappa shape index (κ3) is 4.26. The summed E-state index contributed by atoms with van der Waals surface area (Å²) in [5.74, 6) is 1.96. The maximum Gasteiger partial charge on any atom is 0.253 e. The Kier molecular flexibility index (Phi) is 6.02. The van der Waals surface area contributed by atoms with Crippen LogP contribution >= 0.6 is 11.8 Å². The van der Waals surface area contributed by atoms with Crippen molar-refractivity contribution < 1.29 is 19.1 Å². The third-order valence-electron chi connectivity index (χ3n) is 5.87. The first-order valence-corrected chi connectivity index (χ1v) is 11.8. The molecule has 0 saturated heterocycles. The highest BCUT2D eigenvalue weighted by Gasteiger charge is 2.30. The number of Topliss-reactive ketones (excluding diaryl/α,β-unsaturated/α-hetero) is 2. The van der Waals surface area contributed by atoms with Crippen molar-refractivity contribution in [2.75, 3.05) is 20.0 Å². The topological polar surface area (TPSA) is 95.7 Å². The molecule has 0 aliphatic heterocycles. The fraction of sp³-hybridized carbons (Fsp3) is 0.240. The molecule has 0 spiro atoms. The van der Waals surface area contributed by atoms with Crippen LogP contribution in [0, 0.1) is 0 Å². The fourth-order valence-corrected chi connectivity index (χ4v) is 4.86. The van der Waals surface area contributed by atoms with Gasteiger partial charge < -0.3 is 9.47 Å². The Morgan fingerprint density at radius 1 is 1.09 bits per heavy atom. The van der Waals surface area contributed by atoms with Crippen molar-refractivity contribution in [1.29, 1.82) is 0 Å². The molecule has 0 fully saturated rings. The Balaban J connectivity index is 1.38. The average Bonchev–Trinajstić information content (AvgIpc) is 3.28. The molecule has 0 bridgehead atoms. The summed E-state index contributed by atoms with van der Waals surface area (Å²) in [5, 5.41) is 4.86. The van der Waals surface area contributed by atoms with Crippen molar-refractivity contribution in [3.05, 3.63) is 77.1 Å². The highest BCUT2D eigenvalue weighted by molar-refractivity contribution is 7.99. The van der Waals surface area contributed by atoms with Gasteiger partial charge in [0.1, 0.15) is 11.5 Å². The number of ketones is 2. The maximum atomic E-state index is 13.0. The number of hydrogen-bond acceptors (Lipinski definition) is 8. The molecule has 5 rings (SSSR count). The Bertz CT molecular complexity index is 1390. The van der Waals surface area contributed by atoms with Gasteiger partial charge in [-0.1, -0.05) is 48.2 Å². The van der Waals surface area contributed by atoms with Crippen LogP contribution in [0.25, 0.3) is 5.78 Å². The van der Waals surface area contributed by atoms with Gasteiger partial charge >= 0.3 is 0 Å². The van der Waals surface area contributed by atoms with E-state index in [-0.39, 0.29) is 23.2 Å². The van der Waals surface area contributed by atoms with Gasteiger partial charge in [-0.2, -0.15) is 4.98 Å². The summed E-state index contributed by atoms with van der Waals surface area (Å²) in [6.45, 7) is 0. The molecule has 1 aliphatic carbocycles. The summed E-state index contributed by atoms with van der Waals surface area (Å²) < 4.78 is 12.3. The lowest BCUT2D eigenvalue weighted by atomic mass is 9.82. The summed E-state index contributed by atoms with van der Waals surface area (Å²) in [4.78, 5) is 34.5. The van der Waals surface area contributed by atoms with Crippen LogP contribution < -0.4 is 9.47 Å². The van der Waals surface area contributed by atoms with Crippen LogP contribution in [0.4, 0.5) is 0 Å². The first-order chi connectivity index (χ1) is 16.6. The molecule has 9 heteroatoms. The van der Waals surface area contributed by atoms with Crippen molar-refractivity contribution in [2.24, 2.45) is 0 Å². The zero-order valence-electron chi connectivity index (χ0n) is 18.7. The standard InChI is InChI=1S/C25H22N4O4S/c1-32-17-8-9-18(23(12-17)33-2)16-10-20-19(21(30)11-16)13-29-24(26-20)27-25(28-29)34-14-22(31)15-6-4-3-5-7-15/h3-9,12-13,16H,10-11,14H2,1-2H3/t16-/m1/s1. The highest BCUT2D eigenvalue weighted by atomic mass is 32.2. The van der Waals surface area contributed by atoms with Gasteiger partial charge in [-0.15, -0.1) is 5.10 Å².